The highest BCUT2D eigenvalue weighted by molar-refractivity contribution is 7.07. The molecule has 0 amide bonds. The van der Waals surface area contributed by atoms with Gasteiger partial charge in [0.25, 0.3) is 0 Å². The molecule has 0 saturated heterocycles. The zero-order chi connectivity index (χ0) is 6.81. The molecule has 0 radical (unpaired) electrons. The summed E-state index contributed by atoms with van der Waals surface area (Å²) in [6.45, 7) is 0. The lowest BCUT2D eigenvalue weighted by Crippen LogP contribution is -1.64. The Hall–Kier alpha value is -0.890. The Balaban J connectivity index is 2.56. The second-order valence-corrected chi connectivity index (χ2v) is 3.02. The number of allylic oxidation sites excluding steroid dienone is 2. The summed E-state index contributed by atoms with van der Waals surface area (Å²) < 4.78 is 4.08. The topological polar surface area (TPSA) is 12.9 Å². The maximum atomic E-state index is 4.08. The summed E-state index contributed by atoms with van der Waals surface area (Å²) in [6, 6.07) is 0. The van der Waals surface area contributed by atoms with Crippen LogP contribution in [0.5, 0.6) is 0 Å². The van der Waals surface area contributed by atoms with Gasteiger partial charge in [-0.25, -0.2) is 0 Å². The van der Waals surface area contributed by atoms with E-state index in [0.29, 0.717) is 0 Å². The average Bonchev–Trinajstić information content (AvgIpc) is 2.28. The molecule has 0 unspecified atom stereocenters. The van der Waals surface area contributed by atoms with Crippen LogP contribution in [0.25, 0.3) is 12.2 Å². The molecule has 0 aromatic carbocycles. The van der Waals surface area contributed by atoms with E-state index in [1.807, 2.05) is 6.20 Å². The van der Waals surface area contributed by atoms with Gasteiger partial charge in [0.05, 0.1) is 4.88 Å². The first-order valence-corrected chi connectivity index (χ1v) is 4.02. The Labute approximate surface area is 63.9 Å². The molecule has 1 aromatic heterocycles. The molecule has 0 N–H and O–H groups in total. The van der Waals surface area contributed by atoms with E-state index in [1.54, 1.807) is 11.5 Å². The summed E-state index contributed by atoms with van der Waals surface area (Å²) in [5.41, 5.74) is 1.25. The van der Waals surface area contributed by atoms with Gasteiger partial charge in [0, 0.05) is 11.8 Å². The van der Waals surface area contributed by atoms with Crippen molar-refractivity contribution in [2.24, 2.45) is 0 Å². The number of nitrogens with zero attached hydrogens (tertiary/aromatic N) is 1. The second-order valence-electron chi connectivity index (χ2n) is 2.19. The van der Waals surface area contributed by atoms with Crippen molar-refractivity contribution in [3.8, 4) is 0 Å². The van der Waals surface area contributed by atoms with Crippen molar-refractivity contribution in [3.05, 3.63) is 28.8 Å². The van der Waals surface area contributed by atoms with E-state index >= 15 is 0 Å². The maximum Gasteiger partial charge on any atom is 0.0546 e. The summed E-state index contributed by atoms with van der Waals surface area (Å²) >= 11 is 1.55. The summed E-state index contributed by atoms with van der Waals surface area (Å²) in [5, 5.41) is 0. The van der Waals surface area contributed by atoms with Crippen LogP contribution in [0.3, 0.4) is 0 Å². The minimum Gasteiger partial charge on any atom is -0.200 e. The predicted octanol–water partition coefficient (Wildman–Crippen LogP) is 2.57. The molecule has 1 heterocycles. The highest BCUT2D eigenvalue weighted by Crippen LogP contribution is 2.19. The van der Waals surface area contributed by atoms with Crippen molar-refractivity contribution < 1.29 is 0 Å². The van der Waals surface area contributed by atoms with Crippen LogP contribution >= 0.6 is 11.5 Å². The molecule has 0 saturated carbocycles. The SMILES string of the molecule is C1=Cc2cnsc2C=CC1. The third-order valence-electron chi connectivity index (χ3n) is 1.47. The highest BCUT2D eigenvalue weighted by Gasteiger charge is 1.99. The molecule has 1 nitrogen and oxygen atoms in total. The molecule has 0 fully saturated rings. The van der Waals surface area contributed by atoms with Crippen LogP contribution in [-0.4, -0.2) is 4.37 Å². The van der Waals surface area contributed by atoms with Crippen LogP contribution in [0, 0.1) is 0 Å². The maximum absolute atomic E-state index is 4.08. The fourth-order valence-corrected chi connectivity index (χ4v) is 1.62. The Bertz CT molecular complexity index is 257. The van der Waals surface area contributed by atoms with E-state index < -0.39 is 0 Å². The molecule has 0 bridgehead atoms. The Morgan fingerprint density at radius 1 is 1.30 bits per heavy atom. The predicted molar refractivity (Wildman–Crippen MR) is 44.8 cm³/mol. The Morgan fingerprint density at radius 3 is 3.20 bits per heavy atom. The lowest BCUT2D eigenvalue weighted by atomic mass is 10.3. The van der Waals surface area contributed by atoms with Gasteiger partial charge in [-0.3, -0.25) is 0 Å². The van der Waals surface area contributed by atoms with Crippen molar-refractivity contribution in [2.75, 3.05) is 0 Å². The minimum atomic E-state index is 1.04. The standard InChI is InChI=1S/C8H7NS/c1-2-4-7-6-9-10-8(7)5-3-1/h2-6H,1H2. The first-order valence-electron chi connectivity index (χ1n) is 3.24. The molecule has 50 valence electrons. The molecule has 2 rings (SSSR count). The first kappa shape index (κ1) is 5.86. The summed E-state index contributed by atoms with van der Waals surface area (Å²) in [4.78, 5) is 1.27. The van der Waals surface area contributed by atoms with Gasteiger partial charge in [0.15, 0.2) is 0 Å². The van der Waals surface area contributed by atoms with Gasteiger partial charge in [-0.2, -0.15) is 4.37 Å². The van der Waals surface area contributed by atoms with Gasteiger partial charge in [-0.15, -0.1) is 0 Å². The third-order valence-corrected chi connectivity index (χ3v) is 2.25. The molecule has 10 heavy (non-hydrogen) atoms. The molecular weight excluding hydrogens is 142 g/mol. The number of aromatic nitrogens is 1. The fraction of sp³-hybridized carbons (Fsp3) is 0.125. The Kier molecular flexibility index (Phi) is 1.40. The minimum absolute atomic E-state index is 1.04. The summed E-state index contributed by atoms with van der Waals surface area (Å²) in [5.74, 6) is 0. The van der Waals surface area contributed by atoms with Crippen molar-refractivity contribution in [1.29, 1.82) is 0 Å². The van der Waals surface area contributed by atoms with Crippen molar-refractivity contribution >= 4 is 23.7 Å². The molecule has 0 spiro atoms. The summed E-state index contributed by atoms with van der Waals surface area (Å²) in [6.07, 6.45) is 11.5. The molecule has 1 aromatic rings. The fourth-order valence-electron chi connectivity index (χ4n) is 0.957. The van der Waals surface area contributed by atoms with E-state index in [4.69, 9.17) is 0 Å². The monoisotopic (exact) mass is 149 g/mol. The number of rotatable bonds is 0. The van der Waals surface area contributed by atoms with Crippen LogP contribution in [0.1, 0.15) is 16.9 Å². The van der Waals surface area contributed by atoms with Crippen molar-refractivity contribution in [1.82, 2.24) is 4.37 Å². The van der Waals surface area contributed by atoms with E-state index in [9.17, 15) is 0 Å². The van der Waals surface area contributed by atoms with Gasteiger partial charge >= 0.3 is 0 Å². The lowest BCUT2D eigenvalue weighted by molar-refractivity contribution is 1.43. The van der Waals surface area contributed by atoms with Crippen molar-refractivity contribution in [3.63, 3.8) is 0 Å². The Morgan fingerprint density at radius 2 is 2.20 bits per heavy atom. The number of hydrogen-bond donors (Lipinski definition) is 0. The second kappa shape index (κ2) is 2.39. The van der Waals surface area contributed by atoms with Crippen LogP contribution < -0.4 is 0 Å². The molecule has 0 aliphatic heterocycles. The zero-order valence-electron chi connectivity index (χ0n) is 5.45. The quantitative estimate of drug-likeness (QED) is 0.552. The first-order chi connectivity index (χ1) is 4.97. The molecule has 0 atom stereocenters. The van der Waals surface area contributed by atoms with Crippen LogP contribution in [0.15, 0.2) is 18.3 Å². The van der Waals surface area contributed by atoms with E-state index in [1.165, 1.54) is 10.4 Å². The van der Waals surface area contributed by atoms with Gasteiger partial charge in [-0.05, 0) is 24.0 Å². The van der Waals surface area contributed by atoms with Crippen LogP contribution in [0.2, 0.25) is 0 Å². The largest absolute Gasteiger partial charge is 0.200 e. The lowest BCUT2D eigenvalue weighted by Gasteiger charge is -1.82. The van der Waals surface area contributed by atoms with Gasteiger partial charge < -0.3 is 0 Å². The van der Waals surface area contributed by atoms with E-state index in [2.05, 4.69) is 28.7 Å². The molecule has 1 aliphatic rings. The van der Waals surface area contributed by atoms with Gasteiger partial charge in [0.2, 0.25) is 0 Å². The van der Waals surface area contributed by atoms with Gasteiger partial charge in [-0.1, -0.05) is 18.2 Å². The molecule has 2 heteroatoms. The van der Waals surface area contributed by atoms with Crippen LogP contribution in [0.4, 0.5) is 0 Å². The summed E-state index contributed by atoms with van der Waals surface area (Å²) in [7, 11) is 0. The van der Waals surface area contributed by atoms with E-state index in [0.717, 1.165) is 6.42 Å². The zero-order valence-corrected chi connectivity index (χ0v) is 6.27. The van der Waals surface area contributed by atoms with E-state index in [-0.39, 0.29) is 0 Å². The average molecular weight is 149 g/mol. The highest BCUT2D eigenvalue weighted by atomic mass is 32.1. The van der Waals surface area contributed by atoms with Gasteiger partial charge in [0.1, 0.15) is 0 Å². The number of fused-ring (bicyclic) bond motifs is 1. The number of hydrogen-bond acceptors (Lipinski definition) is 2. The smallest absolute Gasteiger partial charge is 0.0546 e. The van der Waals surface area contributed by atoms with Crippen molar-refractivity contribution in [2.45, 2.75) is 6.42 Å². The third kappa shape index (κ3) is 0.907. The normalized spacial score (nSPS) is 14.8. The van der Waals surface area contributed by atoms with Crippen LogP contribution in [-0.2, 0) is 0 Å². The molecular formula is C8H7NS. The molecule has 1 aliphatic carbocycles.